The molecule has 0 bridgehead atoms. The minimum absolute atomic E-state index is 0.0361. The van der Waals surface area contributed by atoms with E-state index in [0.29, 0.717) is 19.0 Å². The maximum atomic E-state index is 12.8. The Labute approximate surface area is 171 Å². The second-order valence-corrected chi connectivity index (χ2v) is 8.10. The molecular formula is C24H28N2O3. The molecule has 152 valence electrons. The van der Waals surface area contributed by atoms with E-state index in [-0.39, 0.29) is 11.8 Å². The van der Waals surface area contributed by atoms with E-state index < -0.39 is 6.10 Å². The molecule has 1 aliphatic rings. The Morgan fingerprint density at radius 2 is 1.76 bits per heavy atom. The molecule has 29 heavy (non-hydrogen) atoms. The van der Waals surface area contributed by atoms with Crippen LogP contribution in [0.2, 0.25) is 0 Å². The van der Waals surface area contributed by atoms with Gasteiger partial charge in [-0.15, -0.1) is 0 Å². The highest BCUT2D eigenvalue weighted by Gasteiger charge is 2.29. The van der Waals surface area contributed by atoms with Crippen LogP contribution < -0.4 is 4.74 Å². The number of oxazole rings is 1. The number of carbonyl (C=O) groups is 1. The van der Waals surface area contributed by atoms with E-state index in [1.165, 1.54) is 5.56 Å². The zero-order valence-electron chi connectivity index (χ0n) is 17.3. The second-order valence-electron chi connectivity index (χ2n) is 8.10. The largest absolute Gasteiger partial charge is 0.481 e. The van der Waals surface area contributed by atoms with Crippen molar-refractivity contribution < 1.29 is 13.9 Å². The van der Waals surface area contributed by atoms with Gasteiger partial charge in [-0.2, -0.15) is 0 Å². The molecule has 2 aromatic carbocycles. The Balaban J connectivity index is 1.33. The van der Waals surface area contributed by atoms with Gasteiger partial charge in [0.1, 0.15) is 11.3 Å². The second kappa shape index (κ2) is 8.27. The van der Waals surface area contributed by atoms with Gasteiger partial charge in [-0.1, -0.05) is 38.1 Å². The lowest BCUT2D eigenvalue weighted by Gasteiger charge is -2.32. The molecule has 1 atom stereocenters. The zero-order chi connectivity index (χ0) is 20.4. The van der Waals surface area contributed by atoms with Crippen LogP contribution in [-0.4, -0.2) is 35.0 Å². The normalized spacial score (nSPS) is 16.3. The van der Waals surface area contributed by atoms with Crippen LogP contribution in [0.5, 0.6) is 5.75 Å². The Kier molecular flexibility index (Phi) is 5.56. The predicted molar refractivity (Wildman–Crippen MR) is 113 cm³/mol. The highest BCUT2D eigenvalue weighted by molar-refractivity contribution is 5.81. The third-order valence-corrected chi connectivity index (χ3v) is 5.67. The first-order chi connectivity index (χ1) is 14.0. The van der Waals surface area contributed by atoms with Gasteiger partial charge < -0.3 is 14.1 Å². The van der Waals surface area contributed by atoms with Gasteiger partial charge in [0.2, 0.25) is 0 Å². The Hall–Kier alpha value is -2.82. The molecule has 1 fully saturated rings. The van der Waals surface area contributed by atoms with Crippen LogP contribution in [-0.2, 0) is 4.79 Å². The van der Waals surface area contributed by atoms with Gasteiger partial charge in [-0.05, 0) is 55.5 Å². The van der Waals surface area contributed by atoms with E-state index in [0.717, 1.165) is 35.6 Å². The topological polar surface area (TPSA) is 55.6 Å². The minimum atomic E-state index is -0.499. The fourth-order valence-corrected chi connectivity index (χ4v) is 3.85. The van der Waals surface area contributed by atoms with Gasteiger partial charge in [-0.3, -0.25) is 4.79 Å². The predicted octanol–water partition coefficient (Wildman–Crippen LogP) is 5.12. The number of hydrogen-bond donors (Lipinski definition) is 0. The van der Waals surface area contributed by atoms with Crippen LogP contribution in [0.25, 0.3) is 11.1 Å². The van der Waals surface area contributed by atoms with Crippen molar-refractivity contribution in [2.24, 2.45) is 0 Å². The highest BCUT2D eigenvalue weighted by atomic mass is 16.5. The van der Waals surface area contributed by atoms with Gasteiger partial charge in [0.05, 0.1) is 0 Å². The number of fused-ring (bicyclic) bond motifs is 1. The molecule has 5 nitrogen and oxygen atoms in total. The van der Waals surface area contributed by atoms with E-state index in [1.54, 1.807) is 0 Å². The van der Waals surface area contributed by atoms with Gasteiger partial charge in [0, 0.05) is 19.0 Å². The van der Waals surface area contributed by atoms with Crippen molar-refractivity contribution in [2.45, 2.75) is 51.6 Å². The van der Waals surface area contributed by atoms with Crippen molar-refractivity contribution in [3.8, 4) is 5.75 Å². The summed E-state index contributed by atoms with van der Waals surface area (Å²) < 4.78 is 11.8. The third-order valence-electron chi connectivity index (χ3n) is 5.67. The summed E-state index contributed by atoms with van der Waals surface area (Å²) >= 11 is 0. The molecule has 5 heteroatoms. The fourth-order valence-electron chi connectivity index (χ4n) is 3.85. The van der Waals surface area contributed by atoms with Crippen molar-refractivity contribution in [3.63, 3.8) is 0 Å². The van der Waals surface area contributed by atoms with Crippen molar-refractivity contribution in [1.82, 2.24) is 9.88 Å². The van der Waals surface area contributed by atoms with E-state index in [4.69, 9.17) is 9.15 Å². The summed E-state index contributed by atoms with van der Waals surface area (Å²) in [7, 11) is 0. The van der Waals surface area contributed by atoms with Crippen LogP contribution in [0.3, 0.4) is 0 Å². The molecule has 0 N–H and O–H groups in total. The number of piperidine rings is 1. The van der Waals surface area contributed by atoms with Gasteiger partial charge >= 0.3 is 0 Å². The Morgan fingerprint density at radius 1 is 1.07 bits per heavy atom. The zero-order valence-corrected chi connectivity index (χ0v) is 17.3. The van der Waals surface area contributed by atoms with E-state index in [1.807, 2.05) is 48.2 Å². The molecule has 1 amide bonds. The van der Waals surface area contributed by atoms with E-state index in [2.05, 4.69) is 31.0 Å². The fraction of sp³-hybridized carbons (Fsp3) is 0.417. The number of amides is 1. The number of para-hydroxylation sites is 2. The van der Waals surface area contributed by atoms with Crippen molar-refractivity contribution >= 4 is 17.0 Å². The highest BCUT2D eigenvalue weighted by Crippen LogP contribution is 2.30. The molecule has 0 radical (unpaired) electrons. The summed E-state index contributed by atoms with van der Waals surface area (Å²) in [5.74, 6) is 2.29. The lowest BCUT2D eigenvalue weighted by molar-refractivity contribution is -0.139. The van der Waals surface area contributed by atoms with E-state index >= 15 is 0 Å². The van der Waals surface area contributed by atoms with Crippen molar-refractivity contribution in [2.75, 3.05) is 13.1 Å². The molecule has 1 aromatic heterocycles. The lowest BCUT2D eigenvalue weighted by Crippen LogP contribution is -2.44. The molecular weight excluding hydrogens is 364 g/mol. The first-order valence-corrected chi connectivity index (χ1v) is 10.4. The number of ether oxygens (including phenoxy) is 1. The number of rotatable bonds is 5. The maximum Gasteiger partial charge on any atom is 0.263 e. The molecule has 1 aliphatic heterocycles. The molecule has 3 aromatic rings. The first kappa shape index (κ1) is 19.5. The van der Waals surface area contributed by atoms with Gasteiger partial charge in [0.25, 0.3) is 5.91 Å². The minimum Gasteiger partial charge on any atom is -0.481 e. The van der Waals surface area contributed by atoms with Crippen molar-refractivity contribution in [3.05, 3.63) is 60.0 Å². The molecule has 0 saturated carbocycles. The molecule has 2 heterocycles. The number of hydrogen-bond acceptors (Lipinski definition) is 4. The molecule has 0 aliphatic carbocycles. The quantitative estimate of drug-likeness (QED) is 0.604. The molecule has 0 spiro atoms. The summed E-state index contributed by atoms with van der Waals surface area (Å²) in [6.07, 6.45) is 1.21. The number of nitrogens with zero attached hydrogens (tertiary/aromatic N) is 2. The average molecular weight is 392 g/mol. The number of aromatic nitrogens is 1. The number of benzene rings is 2. The van der Waals surface area contributed by atoms with Crippen LogP contribution in [0, 0.1) is 0 Å². The maximum absolute atomic E-state index is 12.8. The summed E-state index contributed by atoms with van der Waals surface area (Å²) in [5.41, 5.74) is 2.98. The summed E-state index contributed by atoms with van der Waals surface area (Å²) in [6, 6.07) is 15.8. The van der Waals surface area contributed by atoms with Crippen molar-refractivity contribution in [1.29, 1.82) is 0 Å². The Bertz CT molecular complexity index is 936. The van der Waals surface area contributed by atoms with Crippen LogP contribution in [0.1, 0.15) is 56.9 Å². The summed E-state index contributed by atoms with van der Waals surface area (Å²) in [5, 5.41) is 0. The molecule has 0 unspecified atom stereocenters. The lowest BCUT2D eigenvalue weighted by atomic mass is 9.96. The third kappa shape index (κ3) is 4.29. The molecule has 4 rings (SSSR count). The van der Waals surface area contributed by atoms with E-state index in [9.17, 15) is 4.79 Å². The Morgan fingerprint density at radius 3 is 2.41 bits per heavy atom. The summed E-state index contributed by atoms with van der Waals surface area (Å²) in [6.45, 7) is 7.54. The number of carbonyl (C=O) groups excluding carboxylic acids is 1. The van der Waals surface area contributed by atoms with Crippen LogP contribution in [0.15, 0.2) is 52.9 Å². The SMILES string of the molecule is CC(C)c1ccc(O[C@H](C)C(=O)N2CCC(c3nc4ccccc4o3)CC2)cc1. The molecule has 1 saturated heterocycles. The monoisotopic (exact) mass is 392 g/mol. The number of likely N-dealkylation sites (tertiary alicyclic amines) is 1. The smallest absolute Gasteiger partial charge is 0.263 e. The first-order valence-electron chi connectivity index (χ1n) is 10.4. The van der Waals surface area contributed by atoms with Crippen LogP contribution >= 0.6 is 0 Å². The van der Waals surface area contributed by atoms with Gasteiger partial charge in [0.15, 0.2) is 17.6 Å². The van der Waals surface area contributed by atoms with Gasteiger partial charge in [-0.25, -0.2) is 4.98 Å². The summed E-state index contributed by atoms with van der Waals surface area (Å²) in [4.78, 5) is 19.3. The van der Waals surface area contributed by atoms with Crippen LogP contribution in [0.4, 0.5) is 0 Å². The average Bonchev–Trinajstić information content (AvgIpc) is 3.18. The standard InChI is InChI=1S/C24H28N2O3/c1-16(2)18-8-10-20(11-9-18)28-17(3)24(27)26-14-12-19(13-15-26)23-25-21-6-4-5-7-22(21)29-23/h4-11,16-17,19H,12-15H2,1-3H3/t17-/m1/s1.